The summed E-state index contributed by atoms with van der Waals surface area (Å²) in [6, 6.07) is 6.97. The van der Waals surface area contributed by atoms with E-state index in [2.05, 4.69) is 10.3 Å². The lowest BCUT2D eigenvalue weighted by Gasteiger charge is -2.05. The predicted octanol–water partition coefficient (Wildman–Crippen LogP) is 1.09. The minimum Gasteiger partial charge on any atom is -0.508 e. The van der Waals surface area contributed by atoms with E-state index in [0.29, 0.717) is 12.2 Å². The molecule has 2 aromatic rings. The van der Waals surface area contributed by atoms with Crippen LogP contribution in [0.3, 0.4) is 0 Å². The Morgan fingerprint density at radius 1 is 1.24 bits per heavy atom. The van der Waals surface area contributed by atoms with E-state index >= 15 is 0 Å². The molecule has 1 heterocycles. The van der Waals surface area contributed by atoms with Gasteiger partial charge < -0.3 is 10.2 Å². The number of aliphatic hydroxyl groups is 1. The van der Waals surface area contributed by atoms with Gasteiger partial charge in [0.1, 0.15) is 11.4 Å². The van der Waals surface area contributed by atoms with E-state index < -0.39 is 0 Å². The maximum absolute atomic E-state index is 9.20. The van der Waals surface area contributed by atoms with Gasteiger partial charge in [0.05, 0.1) is 18.8 Å². The Balaban J connectivity index is 2.23. The molecule has 0 atom stereocenters. The molecule has 0 radical (unpaired) electrons. The Hall–Kier alpha value is -1.88. The Morgan fingerprint density at radius 2 is 1.94 bits per heavy atom. The monoisotopic (exact) mass is 233 g/mol. The molecule has 17 heavy (non-hydrogen) atoms. The zero-order valence-electron chi connectivity index (χ0n) is 9.67. The quantitative estimate of drug-likeness (QED) is 0.829. The van der Waals surface area contributed by atoms with Gasteiger partial charge in [-0.25, -0.2) is 4.68 Å². The van der Waals surface area contributed by atoms with E-state index in [1.54, 1.807) is 16.8 Å². The van der Waals surface area contributed by atoms with E-state index in [-0.39, 0.29) is 12.4 Å². The van der Waals surface area contributed by atoms with Crippen LogP contribution < -0.4 is 0 Å². The van der Waals surface area contributed by atoms with Gasteiger partial charge >= 0.3 is 0 Å². The molecule has 5 heteroatoms. The van der Waals surface area contributed by atoms with Gasteiger partial charge in [0.25, 0.3) is 0 Å². The van der Waals surface area contributed by atoms with Gasteiger partial charge in [-0.05, 0) is 24.1 Å². The van der Waals surface area contributed by atoms with Crippen molar-refractivity contribution in [3.05, 3.63) is 41.2 Å². The van der Waals surface area contributed by atoms with Crippen LogP contribution in [-0.2, 0) is 19.6 Å². The van der Waals surface area contributed by atoms with Crippen LogP contribution in [0.1, 0.15) is 23.9 Å². The SMILES string of the molecule is CCc1c(CO)nnn1Cc1ccc(O)cc1. The summed E-state index contributed by atoms with van der Waals surface area (Å²) >= 11 is 0. The summed E-state index contributed by atoms with van der Waals surface area (Å²) in [7, 11) is 0. The first-order valence-corrected chi connectivity index (χ1v) is 5.54. The summed E-state index contributed by atoms with van der Waals surface area (Å²) in [5.74, 6) is 0.249. The first kappa shape index (κ1) is 11.6. The molecule has 1 aromatic heterocycles. The standard InChI is InChI=1S/C12H15N3O2/c1-2-12-11(8-16)13-14-15(12)7-9-3-5-10(17)6-4-9/h3-6,16-17H,2,7-8H2,1H3. The molecule has 2 rings (SSSR count). The van der Waals surface area contributed by atoms with Crippen molar-refractivity contribution in [2.75, 3.05) is 0 Å². The number of rotatable bonds is 4. The van der Waals surface area contributed by atoms with E-state index in [1.807, 2.05) is 19.1 Å². The van der Waals surface area contributed by atoms with Crippen LogP contribution in [-0.4, -0.2) is 25.2 Å². The molecule has 5 nitrogen and oxygen atoms in total. The number of benzene rings is 1. The number of hydrogen-bond acceptors (Lipinski definition) is 4. The molecule has 0 saturated carbocycles. The number of phenolic OH excluding ortho intramolecular Hbond substituents is 1. The molecule has 0 spiro atoms. The molecule has 1 aromatic carbocycles. The molecule has 0 amide bonds. The second-order valence-electron chi connectivity index (χ2n) is 3.82. The first-order chi connectivity index (χ1) is 8.24. The smallest absolute Gasteiger partial charge is 0.115 e. The highest BCUT2D eigenvalue weighted by Gasteiger charge is 2.10. The van der Waals surface area contributed by atoms with Crippen molar-refractivity contribution in [2.24, 2.45) is 0 Å². The first-order valence-electron chi connectivity index (χ1n) is 5.54. The van der Waals surface area contributed by atoms with Crippen LogP contribution in [0.25, 0.3) is 0 Å². The van der Waals surface area contributed by atoms with E-state index in [9.17, 15) is 5.11 Å². The average Bonchev–Trinajstić information content (AvgIpc) is 2.74. The molecule has 0 unspecified atom stereocenters. The van der Waals surface area contributed by atoms with Crippen molar-refractivity contribution in [1.82, 2.24) is 15.0 Å². The largest absolute Gasteiger partial charge is 0.508 e. The van der Waals surface area contributed by atoms with E-state index in [4.69, 9.17) is 5.11 Å². The second kappa shape index (κ2) is 4.97. The topological polar surface area (TPSA) is 71.2 Å². The van der Waals surface area contributed by atoms with Gasteiger partial charge in [0, 0.05) is 0 Å². The van der Waals surface area contributed by atoms with Gasteiger partial charge in [-0.2, -0.15) is 0 Å². The fourth-order valence-corrected chi connectivity index (χ4v) is 1.78. The van der Waals surface area contributed by atoms with Crippen molar-refractivity contribution >= 4 is 0 Å². The van der Waals surface area contributed by atoms with Crippen LogP contribution in [0.5, 0.6) is 5.75 Å². The summed E-state index contributed by atoms with van der Waals surface area (Å²) in [6.07, 6.45) is 0.779. The molecule has 0 aliphatic heterocycles. The van der Waals surface area contributed by atoms with Crippen molar-refractivity contribution in [3.63, 3.8) is 0 Å². The number of phenols is 1. The number of nitrogens with zero attached hydrogens (tertiary/aromatic N) is 3. The zero-order valence-corrected chi connectivity index (χ0v) is 9.67. The van der Waals surface area contributed by atoms with Crippen LogP contribution in [0.2, 0.25) is 0 Å². The maximum atomic E-state index is 9.20. The summed E-state index contributed by atoms with van der Waals surface area (Å²) in [5.41, 5.74) is 2.61. The minimum absolute atomic E-state index is 0.0846. The summed E-state index contributed by atoms with van der Waals surface area (Å²) in [6.45, 7) is 2.51. The Bertz CT molecular complexity index is 491. The lowest BCUT2D eigenvalue weighted by atomic mass is 10.2. The summed E-state index contributed by atoms with van der Waals surface area (Å²) in [4.78, 5) is 0. The molecule has 0 bridgehead atoms. The third-order valence-corrected chi connectivity index (χ3v) is 2.67. The highest BCUT2D eigenvalue weighted by molar-refractivity contribution is 5.26. The highest BCUT2D eigenvalue weighted by Crippen LogP contribution is 2.13. The molecule has 0 aliphatic rings. The van der Waals surface area contributed by atoms with Crippen molar-refractivity contribution < 1.29 is 10.2 Å². The molecule has 0 aliphatic carbocycles. The van der Waals surface area contributed by atoms with E-state index in [0.717, 1.165) is 17.7 Å². The van der Waals surface area contributed by atoms with Crippen LogP contribution in [0, 0.1) is 0 Å². The predicted molar refractivity (Wildman–Crippen MR) is 62.5 cm³/mol. The highest BCUT2D eigenvalue weighted by atomic mass is 16.3. The Kier molecular flexibility index (Phi) is 3.39. The summed E-state index contributed by atoms with van der Waals surface area (Å²) < 4.78 is 1.78. The number of aliphatic hydroxyl groups excluding tert-OH is 1. The van der Waals surface area contributed by atoms with Crippen molar-refractivity contribution in [1.29, 1.82) is 0 Å². The Morgan fingerprint density at radius 3 is 2.53 bits per heavy atom. The van der Waals surface area contributed by atoms with Crippen molar-refractivity contribution in [3.8, 4) is 5.75 Å². The third-order valence-electron chi connectivity index (χ3n) is 2.67. The van der Waals surface area contributed by atoms with Crippen LogP contribution >= 0.6 is 0 Å². The van der Waals surface area contributed by atoms with Gasteiger partial charge in [-0.15, -0.1) is 5.10 Å². The third kappa shape index (κ3) is 2.45. The van der Waals surface area contributed by atoms with Gasteiger partial charge in [0.15, 0.2) is 0 Å². The second-order valence-corrected chi connectivity index (χ2v) is 3.82. The fraction of sp³-hybridized carbons (Fsp3) is 0.333. The number of aromatic nitrogens is 3. The normalized spacial score (nSPS) is 10.7. The van der Waals surface area contributed by atoms with Gasteiger partial charge in [-0.1, -0.05) is 24.3 Å². The lowest BCUT2D eigenvalue weighted by molar-refractivity contribution is 0.275. The zero-order chi connectivity index (χ0) is 12.3. The fourth-order valence-electron chi connectivity index (χ4n) is 1.78. The molecular weight excluding hydrogens is 218 g/mol. The maximum Gasteiger partial charge on any atom is 0.115 e. The van der Waals surface area contributed by atoms with Gasteiger partial charge in [0.2, 0.25) is 0 Å². The average molecular weight is 233 g/mol. The Labute approximate surface area is 99.3 Å². The van der Waals surface area contributed by atoms with Crippen molar-refractivity contribution in [2.45, 2.75) is 26.5 Å². The minimum atomic E-state index is -0.0846. The van der Waals surface area contributed by atoms with Crippen LogP contribution in [0.4, 0.5) is 0 Å². The number of aromatic hydroxyl groups is 1. The lowest BCUT2D eigenvalue weighted by Crippen LogP contribution is -2.06. The van der Waals surface area contributed by atoms with Gasteiger partial charge in [-0.3, -0.25) is 0 Å². The molecular formula is C12H15N3O2. The van der Waals surface area contributed by atoms with Crippen LogP contribution in [0.15, 0.2) is 24.3 Å². The number of hydrogen-bond donors (Lipinski definition) is 2. The molecule has 0 saturated heterocycles. The summed E-state index contributed by atoms with van der Waals surface area (Å²) in [5, 5.41) is 26.3. The van der Waals surface area contributed by atoms with E-state index in [1.165, 1.54) is 0 Å². The molecule has 2 N–H and O–H groups in total. The molecule has 90 valence electrons. The molecule has 0 fully saturated rings.